The van der Waals surface area contributed by atoms with Crippen molar-refractivity contribution < 1.29 is 20.1 Å². The van der Waals surface area contributed by atoms with Crippen molar-refractivity contribution in [3.8, 4) is 101 Å². The maximum absolute atomic E-state index is 5.45. The zero-order valence-corrected chi connectivity index (χ0v) is 37.7. The van der Waals surface area contributed by atoms with Crippen LogP contribution in [-0.2, 0) is 20.1 Å². The van der Waals surface area contributed by atoms with Crippen LogP contribution in [0.4, 0.5) is 0 Å². The molecular formula is C61H40IrN3-. The first-order valence-corrected chi connectivity index (χ1v) is 21.6. The fourth-order valence-corrected chi connectivity index (χ4v) is 8.56. The van der Waals surface area contributed by atoms with E-state index in [4.69, 9.17) is 15.0 Å². The number of hydrogen-bond donors (Lipinski definition) is 0. The van der Waals surface area contributed by atoms with Gasteiger partial charge in [0, 0.05) is 37.4 Å². The maximum Gasteiger partial charge on any atom is 0.142 e. The Kier molecular flexibility index (Phi) is 11.7. The first kappa shape index (κ1) is 41.1. The number of fused-ring (bicyclic) bond motifs is 1. The van der Waals surface area contributed by atoms with Crippen LogP contribution in [0.15, 0.2) is 243 Å². The number of rotatable bonds is 9. The van der Waals surface area contributed by atoms with Gasteiger partial charge in [-0.05, 0) is 115 Å². The normalized spacial score (nSPS) is 11.0. The molecule has 9 aromatic carbocycles. The van der Waals surface area contributed by atoms with Gasteiger partial charge in [0.05, 0.1) is 11.4 Å². The Morgan fingerprint density at radius 1 is 0.292 bits per heavy atom. The van der Waals surface area contributed by atoms with Gasteiger partial charge in [-0.25, -0.2) is 9.97 Å². The Bertz CT molecular complexity index is 3370. The van der Waals surface area contributed by atoms with Crippen molar-refractivity contribution in [3.63, 3.8) is 0 Å². The Labute approximate surface area is 393 Å². The molecule has 65 heavy (non-hydrogen) atoms. The third-order valence-electron chi connectivity index (χ3n) is 11.8. The predicted molar refractivity (Wildman–Crippen MR) is 265 cm³/mol. The predicted octanol–water partition coefficient (Wildman–Crippen LogP) is 15.8. The van der Waals surface area contributed by atoms with Crippen LogP contribution < -0.4 is 0 Å². The van der Waals surface area contributed by atoms with Gasteiger partial charge in [0.1, 0.15) is 5.82 Å². The topological polar surface area (TPSA) is 38.7 Å². The maximum atomic E-state index is 5.45. The molecule has 0 bridgehead atoms. The van der Waals surface area contributed by atoms with E-state index in [1.165, 1.54) is 11.1 Å². The summed E-state index contributed by atoms with van der Waals surface area (Å²) >= 11 is 0. The summed E-state index contributed by atoms with van der Waals surface area (Å²) in [5.74, 6) is 0.617. The van der Waals surface area contributed by atoms with E-state index in [0.717, 1.165) is 94.6 Å². The smallest absolute Gasteiger partial charge is 0.142 e. The number of aromatic nitrogens is 3. The van der Waals surface area contributed by atoms with Crippen molar-refractivity contribution in [2.75, 3.05) is 0 Å². The van der Waals surface area contributed by atoms with Gasteiger partial charge in [0.25, 0.3) is 0 Å². The Hall–Kier alpha value is -7.88. The van der Waals surface area contributed by atoms with Crippen molar-refractivity contribution in [3.05, 3.63) is 249 Å². The van der Waals surface area contributed by atoms with Crippen LogP contribution in [0.3, 0.4) is 0 Å². The third-order valence-corrected chi connectivity index (χ3v) is 11.8. The van der Waals surface area contributed by atoms with Crippen molar-refractivity contribution in [2.45, 2.75) is 0 Å². The molecule has 309 valence electrons. The molecule has 0 fully saturated rings. The van der Waals surface area contributed by atoms with Crippen molar-refractivity contribution in [1.82, 2.24) is 15.0 Å². The molecule has 0 saturated heterocycles. The van der Waals surface area contributed by atoms with E-state index in [9.17, 15) is 0 Å². The van der Waals surface area contributed by atoms with Crippen LogP contribution in [-0.4, -0.2) is 15.0 Å². The molecule has 0 aliphatic rings. The van der Waals surface area contributed by atoms with Gasteiger partial charge in [0.15, 0.2) is 0 Å². The van der Waals surface area contributed by atoms with Crippen LogP contribution in [0.1, 0.15) is 0 Å². The number of pyridine rings is 1. The van der Waals surface area contributed by atoms with E-state index in [0.29, 0.717) is 5.82 Å². The van der Waals surface area contributed by atoms with Crippen LogP contribution in [0.5, 0.6) is 0 Å². The van der Waals surface area contributed by atoms with Gasteiger partial charge < -0.3 is 4.98 Å². The van der Waals surface area contributed by atoms with Gasteiger partial charge in [-0.15, -0.1) is 29.8 Å². The third kappa shape index (κ3) is 8.74. The summed E-state index contributed by atoms with van der Waals surface area (Å²) in [6, 6.07) is 86.8. The summed E-state index contributed by atoms with van der Waals surface area (Å²) in [6.45, 7) is 0. The molecule has 0 saturated carbocycles. The molecule has 2 heterocycles. The quantitative estimate of drug-likeness (QED) is 0.135. The minimum Gasteiger partial charge on any atom is -0.304 e. The molecule has 0 aliphatic heterocycles. The number of hydrogen-bond acceptors (Lipinski definition) is 3. The summed E-state index contributed by atoms with van der Waals surface area (Å²) in [5, 5.41) is 2.22. The molecule has 0 atom stereocenters. The van der Waals surface area contributed by atoms with E-state index < -0.39 is 0 Å². The zero-order valence-electron chi connectivity index (χ0n) is 35.3. The van der Waals surface area contributed by atoms with Gasteiger partial charge in [-0.1, -0.05) is 181 Å². The molecule has 0 N–H and O–H groups in total. The molecule has 1 radical (unpaired) electrons. The minimum absolute atomic E-state index is 0. The first-order valence-electron chi connectivity index (χ1n) is 21.6. The van der Waals surface area contributed by atoms with Gasteiger partial charge in [-0.3, -0.25) is 0 Å². The molecule has 11 rings (SSSR count). The second-order valence-electron chi connectivity index (χ2n) is 16.0. The van der Waals surface area contributed by atoms with Gasteiger partial charge in [-0.2, -0.15) is 0 Å². The molecular weight excluding hydrogens is 967 g/mol. The monoisotopic (exact) mass is 1010 g/mol. The van der Waals surface area contributed by atoms with Crippen molar-refractivity contribution >= 4 is 10.8 Å². The van der Waals surface area contributed by atoms with E-state index in [1.807, 2.05) is 24.4 Å². The second kappa shape index (κ2) is 18.5. The molecule has 0 spiro atoms. The summed E-state index contributed by atoms with van der Waals surface area (Å²) in [7, 11) is 0. The molecule has 11 aromatic rings. The fraction of sp³-hybridized carbons (Fsp3) is 0. The number of nitrogens with zero attached hydrogens (tertiary/aromatic N) is 3. The minimum atomic E-state index is 0. The van der Waals surface area contributed by atoms with Crippen molar-refractivity contribution in [2.24, 2.45) is 0 Å². The SMILES string of the molecule is [Ir].[c-]1ccc(-c2nc(-c3cc(-c4ccccc4)cc(-c4ccccc4)c3)cc(-c3cc(-c4ccccc4)cc(-c4ccccc4-c4ccccc4)c3)n2)cc1-c1cc2ccccc2cn1. The van der Waals surface area contributed by atoms with Gasteiger partial charge >= 0.3 is 0 Å². The average molecular weight is 1010 g/mol. The summed E-state index contributed by atoms with van der Waals surface area (Å²) in [6.07, 6.45) is 1.93. The Morgan fingerprint density at radius 2 is 0.723 bits per heavy atom. The fourth-order valence-electron chi connectivity index (χ4n) is 8.56. The van der Waals surface area contributed by atoms with Gasteiger partial charge in [0.2, 0.25) is 0 Å². The molecule has 4 heteroatoms. The van der Waals surface area contributed by atoms with Crippen LogP contribution >= 0.6 is 0 Å². The second-order valence-corrected chi connectivity index (χ2v) is 16.0. The average Bonchev–Trinajstić information content (AvgIpc) is 3.39. The van der Waals surface area contributed by atoms with E-state index in [1.54, 1.807) is 0 Å². The molecule has 0 aliphatic carbocycles. The standard InChI is InChI=1S/C61H40N3.Ir/c1-5-18-42(19-6-1)50-33-51(43-20-7-2-8-21-43)36-54(35-50)59-40-60(64-61(63-59)48-29-17-28-47(32-48)58-39-46-26-13-14-27-49(46)41-62-58)55-37-52(44-22-9-3-10-23-44)34-53(38-55)57-31-16-15-30-56(57)45-24-11-4-12-25-45;/h1-27,29-41H;/q-1;. The van der Waals surface area contributed by atoms with Crippen LogP contribution in [0.25, 0.3) is 112 Å². The number of benzene rings is 9. The largest absolute Gasteiger partial charge is 0.304 e. The van der Waals surface area contributed by atoms with E-state index in [2.05, 4.69) is 224 Å². The van der Waals surface area contributed by atoms with Crippen molar-refractivity contribution in [1.29, 1.82) is 0 Å². The summed E-state index contributed by atoms with van der Waals surface area (Å²) < 4.78 is 0. The van der Waals surface area contributed by atoms with Crippen LogP contribution in [0.2, 0.25) is 0 Å². The summed E-state index contributed by atoms with van der Waals surface area (Å²) in [4.78, 5) is 15.7. The Balaban J connectivity index is 0.00000498. The molecule has 3 nitrogen and oxygen atoms in total. The van der Waals surface area contributed by atoms with Crippen LogP contribution in [0, 0.1) is 6.07 Å². The van der Waals surface area contributed by atoms with E-state index >= 15 is 0 Å². The molecule has 2 aromatic heterocycles. The first-order chi connectivity index (χ1) is 31.7. The molecule has 0 unspecified atom stereocenters. The molecule has 0 amide bonds. The zero-order chi connectivity index (χ0) is 42.7. The summed E-state index contributed by atoms with van der Waals surface area (Å²) in [5.41, 5.74) is 17.6. The Morgan fingerprint density at radius 3 is 1.28 bits per heavy atom. The van der Waals surface area contributed by atoms with E-state index in [-0.39, 0.29) is 20.1 Å².